The molecular weight excluding hydrogens is 460 g/mol. The number of fused-ring (bicyclic) bond motifs is 4. The SMILES string of the molecule is Nc1cccc2c1Nc1ccccc1NC2=O.O=C1Nc2ccccc2Nc2c1cccc2[N+](=O)[O-]. The molecule has 4 aromatic rings. The van der Waals surface area contributed by atoms with Crippen LogP contribution in [0.4, 0.5) is 45.5 Å². The van der Waals surface area contributed by atoms with Gasteiger partial charge in [-0.3, -0.25) is 19.7 Å². The third-order valence-corrected chi connectivity index (χ3v) is 5.69. The molecule has 0 bridgehead atoms. The first-order valence-electron chi connectivity index (χ1n) is 10.9. The highest BCUT2D eigenvalue weighted by Crippen LogP contribution is 2.37. The Morgan fingerprint density at radius 3 is 1.56 bits per heavy atom. The van der Waals surface area contributed by atoms with Crippen LogP contribution in [0.15, 0.2) is 84.9 Å². The lowest BCUT2D eigenvalue weighted by atomic mass is 10.1. The number of nitro benzene ring substituents is 1. The number of benzene rings is 4. The largest absolute Gasteiger partial charge is 0.397 e. The first-order chi connectivity index (χ1) is 17.4. The number of amides is 2. The van der Waals surface area contributed by atoms with Gasteiger partial charge in [0.2, 0.25) is 0 Å². The molecule has 178 valence electrons. The van der Waals surface area contributed by atoms with Gasteiger partial charge >= 0.3 is 0 Å². The summed E-state index contributed by atoms with van der Waals surface area (Å²) in [7, 11) is 0. The smallest absolute Gasteiger partial charge is 0.293 e. The van der Waals surface area contributed by atoms with E-state index in [1.54, 1.807) is 48.5 Å². The number of carbonyl (C=O) groups is 2. The van der Waals surface area contributed by atoms with E-state index in [0.717, 1.165) is 11.4 Å². The summed E-state index contributed by atoms with van der Waals surface area (Å²) < 4.78 is 0. The lowest BCUT2D eigenvalue weighted by Crippen LogP contribution is -2.11. The molecule has 0 aliphatic carbocycles. The van der Waals surface area contributed by atoms with Crippen LogP contribution in [0.5, 0.6) is 0 Å². The summed E-state index contributed by atoms with van der Waals surface area (Å²) in [6.07, 6.45) is 0. The molecule has 6 rings (SSSR count). The van der Waals surface area contributed by atoms with Gasteiger partial charge in [0, 0.05) is 6.07 Å². The molecule has 0 aromatic heterocycles. The van der Waals surface area contributed by atoms with Crippen LogP contribution in [0.3, 0.4) is 0 Å². The number of nitrogens with zero attached hydrogens (tertiary/aromatic N) is 1. The van der Waals surface area contributed by atoms with E-state index in [0.29, 0.717) is 28.3 Å². The average molecular weight is 480 g/mol. The summed E-state index contributed by atoms with van der Waals surface area (Å²) in [5.41, 5.74) is 10.8. The van der Waals surface area contributed by atoms with Crippen LogP contribution in [0.25, 0.3) is 0 Å². The molecule has 4 aromatic carbocycles. The zero-order valence-electron chi connectivity index (χ0n) is 18.7. The topological polar surface area (TPSA) is 151 Å². The number of hydrogen-bond donors (Lipinski definition) is 5. The number of nitrogens with two attached hydrogens (primary N) is 1. The van der Waals surface area contributed by atoms with Crippen LogP contribution in [-0.4, -0.2) is 16.7 Å². The van der Waals surface area contributed by atoms with Crippen molar-refractivity contribution in [1.29, 1.82) is 0 Å². The minimum Gasteiger partial charge on any atom is -0.397 e. The predicted octanol–water partition coefficient (Wildman–Crippen LogP) is 5.48. The van der Waals surface area contributed by atoms with Crippen molar-refractivity contribution < 1.29 is 14.5 Å². The average Bonchev–Trinajstić information content (AvgIpc) is 3.11. The van der Waals surface area contributed by atoms with Gasteiger partial charge < -0.3 is 27.0 Å². The summed E-state index contributed by atoms with van der Waals surface area (Å²) in [6, 6.07) is 24.3. The van der Waals surface area contributed by atoms with Crippen LogP contribution in [0.1, 0.15) is 20.7 Å². The minimum atomic E-state index is -0.507. The Bertz CT molecular complexity index is 1530. The third kappa shape index (κ3) is 4.14. The van der Waals surface area contributed by atoms with Crippen molar-refractivity contribution in [3.63, 3.8) is 0 Å². The quantitative estimate of drug-likeness (QED) is 0.137. The van der Waals surface area contributed by atoms with Crippen molar-refractivity contribution in [2.45, 2.75) is 0 Å². The van der Waals surface area contributed by atoms with E-state index in [1.165, 1.54) is 12.1 Å². The van der Waals surface area contributed by atoms with Gasteiger partial charge in [-0.15, -0.1) is 0 Å². The van der Waals surface area contributed by atoms with Gasteiger partial charge in [0.05, 0.1) is 50.2 Å². The summed E-state index contributed by atoms with van der Waals surface area (Å²) in [4.78, 5) is 34.6. The van der Waals surface area contributed by atoms with Crippen molar-refractivity contribution in [3.05, 3.63) is 106 Å². The molecule has 2 aliphatic heterocycles. The number of nitro groups is 1. The third-order valence-electron chi connectivity index (χ3n) is 5.69. The molecule has 10 heteroatoms. The van der Waals surface area contributed by atoms with Crippen LogP contribution in [0.2, 0.25) is 0 Å². The molecule has 0 atom stereocenters. The molecule has 36 heavy (non-hydrogen) atoms. The van der Waals surface area contributed by atoms with Gasteiger partial charge in [0.15, 0.2) is 0 Å². The van der Waals surface area contributed by atoms with Gasteiger partial charge in [-0.1, -0.05) is 36.4 Å². The number of hydrogen-bond acceptors (Lipinski definition) is 7. The molecule has 0 saturated heterocycles. The Hall–Kier alpha value is -5.38. The van der Waals surface area contributed by atoms with E-state index in [9.17, 15) is 19.7 Å². The summed E-state index contributed by atoms with van der Waals surface area (Å²) in [5.74, 6) is -0.513. The molecule has 0 fully saturated rings. The van der Waals surface area contributed by atoms with Gasteiger partial charge in [0.25, 0.3) is 17.5 Å². The van der Waals surface area contributed by atoms with Gasteiger partial charge in [-0.25, -0.2) is 0 Å². The molecule has 0 radical (unpaired) electrons. The van der Waals surface area contributed by atoms with E-state index in [2.05, 4.69) is 21.3 Å². The second-order valence-corrected chi connectivity index (χ2v) is 7.98. The standard InChI is InChI=1S/C13H9N3O3.C13H11N3O/c17-13-8-4-3-7-11(16(18)19)12(8)14-9-5-1-2-6-10(9)15-13;14-9-5-3-4-8-12(9)15-10-6-1-2-7-11(10)16-13(8)17/h1-7,14H,(H,15,17);1-7,15H,14H2,(H,16,17). The Kier molecular flexibility index (Phi) is 5.67. The van der Waals surface area contributed by atoms with Crippen LogP contribution in [0, 0.1) is 10.1 Å². The fraction of sp³-hybridized carbons (Fsp3) is 0. The molecule has 2 aliphatic rings. The van der Waals surface area contributed by atoms with E-state index in [4.69, 9.17) is 5.73 Å². The van der Waals surface area contributed by atoms with Crippen molar-refractivity contribution in [3.8, 4) is 0 Å². The summed E-state index contributed by atoms with van der Waals surface area (Å²) in [5, 5.41) is 22.8. The molecule has 2 amide bonds. The maximum atomic E-state index is 12.1. The highest BCUT2D eigenvalue weighted by Gasteiger charge is 2.25. The van der Waals surface area contributed by atoms with Gasteiger partial charge in [0.1, 0.15) is 5.69 Å². The maximum Gasteiger partial charge on any atom is 0.293 e. The van der Waals surface area contributed by atoms with Crippen molar-refractivity contribution in [2.75, 3.05) is 27.0 Å². The molecule has 0 saturated carbocycles. The highest BCUT2D eigenvalue weighted by molar-refractivity contribution is 6.14. The fourth-order valence-electron chi connectivity index (χ4n) is 3.96. The Morgan fingerprint density at radius 2 is 1.03 bits per heavy atom. The molecular formula is C26H20N6O4. The maximum absolute atomic E-state index is 12.1. The van der Waals surface area contributed by atoms with Crippen molar-refractivity contribution in [1.82, 2.24) is 0 Å². The lowest BCUT2D eigenvalue weighted by Gasteiger charge is -2.10. The molecule has 10 nitrogen and oxygen atoms in total. The predicted molar refractivity (Wildman–Crippen MR) is 139 cm³/mol. The molecule has 2 heterocycles. The second-order valence-electron chi connectivity index (χ2n) is 7.98. The van der Waals surface area contributed by atoms with Crippen LogP contribution >= 0.6 is 0 Å². The van der Waals surface area contributed by atoms with E-state index in [1.807, 2.05) is 24.3 Å². The van der Waals surface area contributed by atoms with E-state index < -0.39 is 4.92 Å². The normalized spacial score (nSPS) is 12.7. The summed E-state index contributed by atoms with van der Waals surface area (Å²) in [6.45, 7) is 0. The molecule has 0 unspecified atom stereocenters. The van der Waals surface area contributed by atoms with E-state index in [-0.39, 0.29) is 28.8 Å². The van der Waals surface area contributed by atoms with Crippen molar-refractivity contribution >= 4 is 57.3 Å². The van der Waals surface area contributed by atoms with Gasteiger partial charge in [-0.2, -0.15) is 0 Å². The number of rotatable bonds is 1. The summed E-state index contributed by atoms with van der Waals surface area (Å²) >= 11 is 0. The van der Waals surface area contributed by atoms with Crippen LogP contribution in [-0.2, 0) is 0 Å². The number of anilines is 7. The Balaban J connectivity index is 0.000000149. The van der Waals surface area contributed by atoms with E-state index >= 15 is 0 Å². The number of para-hydroxylation sites is 6. The first kappa shape index (κ1) is 22.4. The minimum absolute atomic E-state index is 0.121. The monoisotopic (exact) mass is 480 g/mol. The zero-order valence-corrected chi connectivity index (χ0v) is 18.7. The molecule has 0 spiro atoms. The highest BCUT2D eigenvalue weighted by atomic mass is 16.6. The Labute approximate surface area is 205 Å². The number of nitrogens with one attached hydrogen (secondary N) is 4. The molecule has 6 N–H and O–H groups in total. The van der Waals surface area contributed by atoms with Crippen LogP contribution < -0.4 is 27.0 Å². The lowest BCUT2D eigenvalue weighted by molar-refractivity contribution is -0.383. The number of nitrogen functional groups attached to an aromatic ring is 1. The van der Waals surface area contributed by atoms with Gasteiger partial charge in [-0.05, 0) is 42.5 Å². The zero-order chi connectivity index (χ0) is 25.2. The first-order valence-corrected chi connectivity index (χ1v) is 10.9. The fourth-order valence-corrected chi connectivity index (χ4v) is 3.96. The second kappa shape index (κ2) is 9.11. The number of carbonyl (C=O) groups excluding carboxylic acids is 2. The Morgan fingerprint density at radius 1 is 0.583 bits per heavy atom. The van der Waals surface area contributed by atoms with Crippen molar-refractivity contribution in [2.24, 2.45) is 0 Å².